The largest absolute Gasteiger partial charge is 0.497 e. The number of nitrogens with one attached hydrogen (secondary N) is 2. The zero-order valence-corrected chi connectivity index (χ0v) is 12.2. The molecule has 2 N–H and O–H groups in total. The number of H-pyrrole nitrogens is 1. The van der Waals surface area contributed by atoms with Gasteiger partial charge in [-0.05, 0) is 43.0 Å². The maximum absolute atomic E-state index is 12.2. The van der Waals surface area contributed by atoms with E-state index >= 15 is 0 Å². The standard InChI is InChI=1S/C17H20N2O2/c1-3-8-18-17(20)11-4-6-15-13(9-11)14-10-12(21-2)5-7-16(14)19-15/h3,5,7,10-11,19H,1,4,6,8-9H2,2H3,(H,18,20). The summed E-state index contributed by atoms with van der Waals surface area (Å²) in [5.41, 5.74) is 3.63. The Morgan fingerprint density at radius 2 is 2.43 bits per heavy atom. The maximum atomic E-state index is 12.2. The highest BCUT2D eigenvalue weighted by molar-refractivity contribution is 5.88. The summed E-state index contributed by atoms with van der Waals surface area (Å²) in [6.45, 7) is 4.16. The van der Waals surface area contributed by atoms with Crippen molar-refractivity contribution in [2.75, 3.05) is 13.7 Å². The van der Waals surface area contributed by atoms with E-state index in [2.05, 4.69) is 22.9 Å². The molecule has 1 aromatic heterocycles. The van der Waals surface area contributed by atoms with Gasteiger partial charge < -0.3 is 15.0 Å². The number of amides is 1. The number of aromatic nitrogens is 1. The first-order chi connectivity index (χ1) is 10.2. The predicted octanol–water partition coefficient (Wildman–Crippen LogP) is 2.58. The van der Waals surface area contributed by atoms with Crippen LogP contribution in [0.4, 0.5) is 0 Å². The molecule has 0 fully saturated rings. The Bertz CT molecular complexity index is 687. The molecule has 4 nitrogen and oxygen atoms in total. The highest BCUT2D eigenvalue weighted by Gasteiger charge is 2.27. The summed E-state index contributed by atoms with van der Waals surface area (Å²) >= 11 is 0. The molecule has 1 aromatic carbocycles. The average Bonchev–Trinajstić information content (AvgIpc) is 2.89. The Balaban J connectivity index is 1.90. The first-order valence-corrected chi connectivity index (χ1v) is 7.29. The van der Waals surface area contributed by atoms with E-state index in [9.17, 15) is 4.79 Å². The molecule has 1 aliphatic rings. The normalized spacial score (nSPS) is 17.3. The smallest absolute Gasteiger partial charge is 0.223 e. The molecule has 1 heterocycles. The van der Waals surface area contributed by atoms with Crippen molar-refractivity contribution in [3.05, 3.63) is 42.1 Å². The van der Waals surface area contributed by atoms with Crippen LogP contribution >= 0.6 is 0 Å². The minimum atomic E-state index is 0.0441. The van der Waals surface area contributed by atoms with Crippen LogP contribution in [0.3, 0.4) is 0 Å². The van der Waals surface area contributed by atoms with Crippen molar-refractivity contribution in [1.82, 2.24) is 10.3 Å². The van der Waals surface area contributed by atoms with Crippen LogP contribution < -0.4 is 10.1 Å². The molecule has 1 atom stereocenters. The number of aromatic amines is 1. The van der Waals surface area contributed by atoms with Gasteiger partial charge in [-0.25, -0.2) is 0 Å². The van der Waals surface area contributed by atoms with Crippen molar-refractivity contribution in [3.63, 3.8) is 0 Å². The summed E-state index contributed by atoms with van der Waals surface area (Å²) < 4.78 is 5.31. The fourth-order valence-corrected chi connectivity index (χ4v) is 3.06. The van der Waals surface area contributed by atoms with Crippen molar-refractivity contribution < 1.29 is 9.53 Å². The van der Waals surface area contributed by atoms with E-state index in [4.69, 9.17) is 4.74 Å². The zero-order chi connectivity index (χ0) is 14.8. The summed E-state index contributed by atoms with van der Waals surface area (Å²) in [4.78, 5) is 15.6. The van der Waals surface area contributed by atoms with Gasteiger partial charge in [-0.2, -0.15) is 0 Å². The predicted molar refractivity (Wildman–Crippen MR) is 83.6 cm³/mol. The number of hydrogen-bond acceptors (Lipinski definition) is 2. The molecule has 0 saturated heterocycles. The van der Waals surface area contributed by atoms with Crippen LogP contribution in [-0.2, 0) is 17.6 Å². The zero-order valence-electron chi connectivity index (χ0n) is 12.2. The van der Waals surface area contributed by atoms with Gasteiger partial charge in [0.15, 0.2) is 0 Å². The number of hydrogen-bond donors (Lipinski definition) is 2. The van der Waals surface area contributed by atoms with E-state index in [0.29, 0.717) is 6.54 Å². The van der Waals surface area contributed by atoms with Crippen molar-refractivity contribution in [1.29, 1.82) is 0 Å². The molecular weight excluding hydrogens is 264 g/mol. The van der Waals surface area contributed by atoms with E-state index in [1.165, 1.54) is 16.6 Å². The number of benzene rings is 1. The second-order valence-electron chi connectivity index (χ2n) is 5.47. The minimum absolute atomic E-state index is 0.0441. The van der Waals surface area contributed by atoms with Crippen LogP contribution in [0.1, 0.15) is 17.7 Å². The molecule has 3 rings (SSSR count). The van der Waals surface area contributed by atoms with Crippen LogP contribution in [0, 0.1) is 5.92 Å². The number of fused-ring (bicyclic) bond motifs is 3. The molecule has 0 aliphatic heterocycles. The molecule has 110 valence electrons. The van der Waals surface area contributed by atoms with Gasteiger partial charge in [0.1, 0.15) is 5.75 Å². The van der Waals surface area contributed by atoms with Crippen LogP contribution in [0.5, 0.6) is 5.75 Å². The minimum Gasteiger partial charge on any atom is -0.497 e. The number of carbonyl (C=O) groups is 1. The Morgan fingerprint density at radius 1 is 1.57 bits per heavy atom. The second kappa shape index (κ2) is 5.64. The molecular formula is C17H20N2O2. The Morgan fingerprint density at radius 3 is 3.19 bits per heavy atom. The van der Waals surface area contributed by atoms with E-state index in [-0.39, 0.29) is 11.8 Å². The van der Waals surface area contributed by atoms with Crippen molar-refractivity contribution in [3.8, 4) is 5.75 Å². The second-order valence-corrected chi connectivity index (χ2v) is 5.47. The first-order valence-electron chi connectivity index (χ1n) is 7.29. The van der Waals surface area contributed by atoms with Crippen LogP contribution in [0.15, 0.2) is 30.9 Å². The highest BCUT2D eigenvalue weighted by Crippen LogP contribution is 2.33. The van der Waals surface area contributed by atoms with E-state index < -0.39 is 0 Å². The Kier molecular flexibility index (Phi) is 3.69. The number of aryl methyl sites for hydroxylation is 1. The van der Waals surface area contributed by atoms with Crippen LogP contribution in [-0.4, -0.2) is 24.5 Å². The van der Waals surface area contributed by atoms with Gasteiger partial charge in [0.25, 0.3) is 0 Å². The van der Waals surface area contributed by atoms with Gasteiger partial charge in [-0.1, -0.05) is 6.08 Å². The lowest BCUT2D eigenvalue weighted by Crippen LogP contribution is -2.34. The third kappa shape index (κ3) is 2.53. The molecule has 0 spiro atoms. The third-order valence-electron chi connectivity index (χ3n) is 4.19. The fraction of sp³-hybridized carbons (Fsp3) is 0.353. The van der Waals surface area contributed by atoms with E-state index in [1.807, 2.05) is 12.1 Å². The number of rotatable bonds is 4. The summed E-state index contributed by atoms with van der Waals surface area (Å²) in [6.07, 6.45) is 4.30. The van der Waals surface area contributed by atoms with Gasteiger partial charge in [0, 0.05) is 29.1 Å². The van der Waals surface area contributed by atoms with Gasteiger partial charge in [0.05, 0.1) is 7.11 Å². The van der Waals surface area contributed by atoms with Crippen LogP contribution in [0.2, 0.25) is 0 Å². The average molecular weight is 284 g/mol. The van der Waals surface area contributed by atoms with Gasteiger partial charge in [0.2, 0.25) is 5.91 Å². The first kappa shape index (κ1) is 13.7. The molecule has 2 aromatic rings. The van der Waals surface area contributed by atoms with Gasteiger partial charge >= 0.3 is 0 Å². The SMILES string of the molecule is C=CCNC(=O)C1CCc2[nH]c3ccc(OC)cc3c2C1. The van der Waals surface area contributed by atoms with Gasteiger partial charge in [-0.3, -0.25) is 4.79 Å². The van der Waals surface area contributed by atoms with Crippen LogP contribution in [0.25, 0.3) is 10.9 Å². The summed E-state index contributed by atoms with van der Waals surface area (Å²) in [6, 6.07) is 6.05. The molecule has 0 saturated carbocycles. The van der Waals surface area contributed by atoms with Crippen molar-refractivity contribution in [2.45, 2.75) is 19.3 Å². The molecule has 0 bridgehead atoms. The molecule has 0 radical (unpaired) electrons. The van der Waals surface area contributed by atoms with Gasteiger partial charge in [-0.15, -0.1) is 6.58 Å². The van der Waals surface area contributed by atoms with E-state index in [0.717, 1.165) is 30.5 Å². The van der Waals surface area contributed by atoms with Crippen molar-refractivity contribution >= 4 is 16.8 Å². The monoisotopic (exact) mass is 284 g/mol. The summed E-state index contributed by atoms with van der Waals surface area (Å²) in [5.74, 6) is 1.02. The highest BCUT2D eigenvalue weighted by atomic mass is 16.5. The number of methoxy groups -OCH3 is 1. The third-order valence-corrected chi connectivity index (χ3v) is 4.19. The van der Waals surface area contributed by atoms with E-state index in [1.54, 1.807) is 13.2 Å². The molecule has 4 heteroatoms. The Hall–Kier alpha value is -2.23. The molecule has 1 aliphatic carbocycles. The topological polar surface area (TPSA) is 54.1 Å². The summed E-state index contributed by atoms with van der Waals surface area (Å²) in [5, 5.41) is 4.08. The lowest BCUT2D eigenvalue weighted by Gasteiger charge is -2.21. The maximum Gasteiger partial charge on any atom is 0.223 e. The summed E-state index contributed by atoms with van der Waals surface area (Å²) in [7, 11) is 1.67. The van der Waals surface area contributed by atoms with Crippen molar-refractivity contribution in [2.24, 2.45) is 5.92 Å². The lowest BCUT2D eigenvalue weighted by molar-refractivity contribution is -0.125. The number of ether oxygens (including phenoxy) is 1. The number of carbonyl (C=O) groups excluding carboxylic acids is 1. The fourth-order valence-electron chi connectivity index (χ4n) is 3.06. The Labute approximate surface area is 124 Å². The quantitative estimate of drug-likeness (QED) is 0.848. The molecule has 21 heavy (non-hydrogen) atoms. The molecule has 1 unspecified atom stereocenters. The lowest BCUT2D eigenvalue weighted by atomic mass is 9.86. The molecule has 1 amide bonds.